The second-order valence-electron chi connectivity index (χ2n) is 8.25. The number of nitrogens with zero attached hydrogens (tertiary/aromatic N) is 4. The van der Waals surface area contributed by atoms with Gasteiger partial charge in [0.15, 0.2) is 0 Å². The average molecular weight is 415 g/mol. The van der Waals surface area contributed by atoms with Crippen LogP contribution in [0.2, 0.25) is 0 Å². The summed E-state index contributed by atoms with van der Waals surface area (Å²) in [5.74, 6) is 0.732. The smallest absolute Gasteiger partial charge is 0.233 e. The van der Waals surface area contributed by atoms with Gasteiger partial charge >= 0.3 is 0 Å². The van der Waals surface area contributed by atoms with Crippen LogP contribution in [-0.4, -0.2) is 40.4 Å². The van der Waals surface area contributed by atoms with Crippen molar-refractivity contribution in [2.24, 2.45) is 5.92 Å². The van der Waals surface area contributed by atoms with Crippen molar-refractivity contribution in [1.29, 1.82) is 0 Å². The number of rotatable bonds is 8. The molecule has 1 saturated heterocycles. The van der Waals surface area contributed by atoms with Crippen LogP contribution >= 0.6 is 0 Å². The van der Waals surface area contributed by atoms with E-state index in [0.29, 0.717) is 11.6 Å². The normalized spacial score (nSPS) is 15.0. The second kappa shape index (κ2) is 10.8. The van der Waals surface area contributed by atoms with Crippen LogP contribution in [0.4, 0.5) is 5.69 Å². The standard InChI is InChI=1S/C26H30N4O/c31-26(19-24-20-27-14-15-28-24)30(25-9-5-2-6-10-25)18-13-22-11-16-29(17-12-22)21-23-7-3-1-4-8-23/h1-10,14-15,20,22H,11-13,16-19,21H2. The first kappa shape index (κ1) is 21.2. The molecule has 160 valence electrons. The molecular formula is C26H30N4O. The first-order valence-corrected chi connectivity index (χ1v) is 11.1. The van der Waals surface area contributed by atoms with Gasteiger partial charge in [-0.2, -0.15) is 0 Å². The van der Waals surface area contributed by atoms with Gasteiger partial charge in [0.25, 0.3) is 0 Å². The molecule has 0 aliphatic carbocycles. The predicted molar refractivity (Wildman–Crippen MR) is 124 cm³/mol. The summed E-state index contributed by atoms with van der Waals surface area (Å²) in [6, 6.07) is 20.7. The highest BCUT2D eigenvalue weighted by molar-refractivity contribution is 5.94. The molecule has 1 aliphatic heterocycles. The number of hydrogen-bond acceptors (Lipinski definition) is 4. The van der Waals surface area contributed by atoms with Crippen LogP contribution in [0.1, 0.15) is 30.5 Å². The molecule has 0 saturated carbocycles. The lowest BCUT2D eigenvalue weighted by molar-refractivity contribution is -0.118. The zero-order valence-electron chi connectivity index (χ0n) is 17.9. The third-order valence-electron chi connectivity index (χ3n) is 6.04. The Morgan fingerprint density at radius 2 is 1.68 bits per heavy atom. The molecule has 2 heterocycles. The molecule has 0 spiro atoms. The molecule has 1 aliphatic rings. The van der Waals surface area contributed by atoms with Crippen molar-refractivity contribution in [2.45, 2.75) is 32.2 Å². The molecule has 2 aromatic carbocycles. The van der Waals surface area contributed by atoms with Crippen LogP contribution < -0.4 is 4.90 Å². The van der Waals surface area contributed by atoms with E-state index in [1.54, 1.807) is 18.6 Å². The Balaban J connectivity index is 1.32. The molecule has 0 atom stereocenters. The Hall–Kier alpha value is -3.05. The minimum Gasteiger partial charge on any atom is -0.312 e. The lowest BCUT2D eigenvalue weighted by Gasteiger charge is -2.33. The SMILES string of the molecule is O=C(Cc1cnccn1)N(CCC1CCN(Cc2ccccc2)CC1)c1ccccc1. The van der Waals surface area contributed by atoms with Crippen LogP contribution in [0.5, 0.6) is 0 Å². The predicted octanol–water partition coefficient (Wildman–Crippen LogP) is 4.35. The molecule has 3 aromatic rings. The highest BCUT2D eigenvalue weighted by Crippen LogP contribution is 2.24. The van der Waals surface area contributed by atoms with Crippen LogP contribution in [0.15, 0.2) is 79.3 Å². The summed E-state index contributed by atoms with van der Waals surface area (Å²) >= 11 is 0. The molecule has 0 N–H and O–H groups in total. The number of piperidine rings is 1. The third kappa shape index (κ3) is 6.22. The maximum Gasteiger partial charge on any atom is 0.233 e. The summed E-state index contributed by atoms with van der Waals surface area (Å²) in [5, 5.41) is 0. The van der Waals surface area contributed by atoms with Crippen LogP contribution in [-0.2, 0) is 17.8 Å². The fraction of sp³-hybridized carbons (Fsp3) is 0.346. The van der Waals surface area contributed by atoms with E-state index < -0.39 is 0 Å². The number of likely N-dealkylation sites (tertiary alicyclic amines) is 1. The average Bonchev–Trinajstić information content (AvgIpc) is 2.82. The maximum atomic E-state index is 13.1. The van der Waals surface area contributed by atoms with Crippen molar-refractivity contribution in [3.05, 3.63) is 90.5 Å². The Bertz CT molecular complexity index is 925. The van der Waals surface area contributed by atoms with Gasteiger partial charge in [-0.3, -0.25) is 19.7 Å². The molecule has 0 radical (unpaired) electrons. The van der Waals surface area contributed by atoms with Gasteiger partial charge in [0.05, 0.1) is 12.1 Å². The van der Waals surface area contributed by atoms with Crippen molar-refractivity contribution < 1.29 is 4.79 Å². The molecule has 5 nitrogen and oxygen atoms in total. The largest absolute Gasteiger partial charge is 0.312 e. The molecule has 5 heteroatoms. The fourth-order valence-corrected chi connectivity index (χ4v) is 4.26. The molecule has 1 aromatic heterocycles. The van der Waals surface area contributed by atoms with Crippen molar-refractivity contribution in [2.75, 3.05) is 24.5 Å². The monoisotopic (exact) mass is 414 g/mol. The van der Waals surface area contributed by atoms with Gasteiger partial charge in [-0.1, -0.05) is 48.5 Å². The minimum absolute atomic E-state index is 0.0770. The number of aromatic nitrogens is 2. The molecule has 1 amide bonds. The van der Waals surface area contributed by atoms with Crippen molar-refractivity contribution in [3.63, 3.8) is 0 Å². The van der Waals surface area contributed by atoms with E-state index in [9.17, 15) is 4.79 Å². The quantitative estimate of drug-likeness (QED) is 0.550. The molecule has 0 unspecified atom stereocenters. The van der Waals surface area contributed by atoms with Gasteiger partial charge in [-0.25, -0.2) is 0 Å². The van der Waals surface area contributed by atoms with Gasteiger partial charge in [0.2, 0.25) is 5.91 Å². The van der Waals surface area contributed by atoms with Crippen molar-refractivity contribution >= 4 is 11.6 Å². The highest BCUT2D eigenvalue weighted by Gasteiger charge is 2.22. The first-order valence-electron chi connectivity index (χ1n) is 11.1. The number of benzene rings is 2. The van der Waals surface area contributed by atoms with E-state index in [0.717, 1.165) is 38.3 Å². The molecule has 31 heavy (non-hydrogen) atoms. The summed E-state index contributed by atoms with van der Waals surface area (Å²) in [5.41, 5.74) is 3.05. The van der Waals surface area contributed by atoms with E-state index in [2.05, 4.69) is 45.2 Å². The lowest BCUT2D eigenvalue weighted by atomic mass is 9.93. The number of carbonyl (C=O) groups excluding carboxylic acids is 1. The zero-order valence-corrected chi connectivity index (χ0v) is 17.9. The Labute approximate surface area is 184 Å². The topological polar surface area (TPSA) is 49.3 Å². The Morgan fingerprint density at radius 1 is 0.968 bits per heavy atom. The van der Waals surface area contributed by atoms with Crippen molar-refractivity contribution in [3.8, 4) is 0 Å². The van der Waals surface area contributed by atoms with Crippen LogP contribution in [0.3, 0.4) is 0 Å². The fourth-order valence-electron chi connectivity index (χ4n) is 4.26. The lowest BCUT2D eigenvalue weighted by Crippen LogP contribution is -2.37. The number of para-hydroxylation sites is 1. The third-order valence-corrected chi connectivity index (χ3v) is 6.04. The Morgan fingerprint density at radius 3 is 2.35 bits per heavy atom. The maximum absolute atomic E-state index is 13.1. The van der Waals surface area contributed by atoms with E-state index in [4.69, 9.17) is 0 Å². The summed E-state index contributed by atoms with van der Waals surface area (Å²) in [7, 11) is 0. The zero-order chi connectivity index (χ0) is 21.3. The van der Waals surface area contributed by atoms with Crippen molar-refractivity contribution in [1.82, 2.24) is 14.9 Å². The van der Waals surface area contributed by atoms with E-state index >= 15 is 0 Å². The summed E-state index contributed by atoms with van der Waals surface area (Å²) < 4.78 is 0. The van der Waals surface area contributed by atoms with Gasteiger partial charge in [0.1, 0.15) is 0 Å². The van der Waals surface area contributed by atoms with Gasteiger partial charge in [-0.15, -0.1) is 0 Å². The second-order valence-corrected chi connectivity index (χ2v) is 8.25. The van der Waals surface area contributed by atoms with Crippen LogP contribution in [0, 0.1) is 5.92 Å². The van der Waals surface area contributed by atoms with E-state index in [1.165, 1.54) is 18.4 Å². The minimum atomic E-state index is 0.0770. The van der Waals surface area contributed by atoms with E-state index in [1.807, 2.05) is 35.2 Å². The number of amides is 1. The van der Waals surface area contributed by atoms with Gasteiger partial charge in [0, 0.05) is 37.4 Å². The number of carbonyl (C=O) groups is 1. The Kier molecular flexibility index (Phi) is 7.40. The van der Waals surface area contributed by atoms with Crippen LogP contribution in [0.25, 0.3) is 0 Å². The summed E-state index contributed by atoms with van der Waals surface area (Å²) in [6.45, 7) is 4.02. The van der Waals surface area contributed by atoms with Gasteiger partial charge in [-0.05, 0) is 56.0 Å². The molecular weight excluding hydrogens is 384 g/mol. The molecule has 4 rings (SSSR count). The number of anilines is 1. The molecule has 0 bridgehead atoms. The van der Waals surface area contributed by atoms with E-state index in [-0.39, 0.29) is 12.3 Å². The first-order chi connectivity index (χ1) is 15.3. The summed E-state index contributed by atoms with van der Waals surface area (Å²) in [4.78, 5) is 25.9. The van der Waals surface area contributed by atoms with Gasteiger partial charge < -0.3 is 4.90 Å². The molecule has 1 fully saturated rings. The summed E-state index contributed by atoms with van der Waals surface area (Å²) in [6.07, 6.45) is 8.62. The number of hydrogen-bond donors (Lipinski definition) is 0. The highest BCUT2D eigenvalue weighted by atomic mass is 16.2.